The van der Waals surface area contributed by atoms with E-state index in [-0.39, 0.29) is 18.0 Å². The first-order valence-electron chi connectivity index (χ1n) is 4.14. The van der Waals surface area contributed by atoms with Crippen LogP contribution in [-0.2, 0) is 4.79 Å². The van der Waals surface area contributed by atoms with Gasteiger partial charge in [-0.1, -0.05) is 0 Å². The van der Waals surface area contributed by atoms with E-state index in [1.165, 1.54) is 11.9 Å². The van der Waals surface area contributed by atoms with E-state index >= 15 is 0 Å². The van der Waals surface area contributed by atoms with Crippen LogP contribution in [0.15, 0.2) is 0 Å². The fraction of sp³-hybridized carbons (Fsp3) is 0.750. The Morgan fingerprint density at radius 2 is 1.85 bits per heavy atom. The smallest absolute Gasteiger partial charge is 0.299 e. The van der Waals surface area contributed by atoms with Gasteiger partial charge in [-0.2, -0.15) is 0 Å². The maximum absolute atomic E-state index is 11.6. The summed E-state index contributed by atoms with van der Waals surface area (Å²) < 4.78 is 0. The number of urea groups is 1. The molecule has 1 aliphatic rings. The van der Waals surface area contributed by atoms with E-state index in [4.69, 9.17) is 0 Å². The molecule has 0 radical (unpaired) electrons. The van der Waals surface area contributed by atoms with Gasteiger partial charge >= 0.3 is 6.03 Å². The minimum absolute atomic E-state index is 0.0242. The molecule has 5 heteroatoms. The van der Waals surface area contributed by atoms with Crippen molar-refractivity contribution < 1.29 is 9.59 Å². The van der Waals surface area contributed by atoms with Gasteiger partial charge in [0.05, 0.1) is 0 Å². The molecule has 1 heterocycles. The van der Waals surface area contributed by atoms with Gasteiger partial charge in [-0.15, -0.1) is 12.6 Å². The third-order valence-electron chi connectivity index (χ3n) is 2.19. The fourth-order valence-electron chi connectivity index (χ4n) is 1.58. The first-order valence-corrected chi connectivity index (χ1v) is 4.58. The predicted octanol–water partition coefficient (Wildman–Crippen LogP) is 0.935. The molecule has 0 N–H and O–H groups in total. The number of carbonyl (C=O) groups is 2. The first-order chi connectivity index (χ1) is 5.80. The molecule has 74 valence electrons. The maximum atomic E-state index is 11.6. The van der Waals surface area contributed by atoms with Crippen LogP contribution >= 0.6 is 12.6 Å². The zero-order chi connectivity index (χ0) is 10.4. The van der Waals surface area contributed by atoms with Crippen molar-refractivity contribution in [1.29, 1.82) is 0 Å². The summed E-state index contributed by atoms with van der Waals surface area (Å²) in [6, 6.07) is -0.304. The van der Waals surface area contributed by atoms with Crippen molar-refractivity contribution in [3.05, 3.63) is 0 Å². The Morgan fingerprint density at radius 3 is 2.00 bits per heavy atom. The fourth-order valence-corrected chi connectivity index (χ4v) is 2.05. The molecular weight excluding hydrogens is 188 g/mol. The zero-order valence-corrected chi connectivity index (χ0v) is 9.13. The van der Waals surface area contributed by atoms with Gasteiger partial charge in [0.1, 0.15) is 0 Å². The molecular formula is C8H14N2O2S. The van der Waals surface area contributed by atoms with Gasteiger partial charge in [0.25, 0.3) is 5.91 Å². The normalized spacial score (nSPS) is 29.4. The van der Waals surface area contributed by atoms with Crippen LogP contribution < -0.4 is 0 Å². The second-order valence-corrected chi connectivity index (χ2v) is 4.50. The maximum Gasteiger partial charge on any atom is 0.328 e. The van der Waals surface area contributed by atoms with Crippen molar-refractivity contribution in [2.75, 3.05) is 7.05 Å². The van der Waals surface area contributed by atoms with Crippen molar-refractivity contribution in [3.8, 4) is 0 Å². The Bertz CT molecular complexity index is 263. The van der Waals surface area contributed by atoms with Gasteiger partial charge in [-0.25, -0.2) is 4.79 Å². The van der Waals surface area contributed by atoms with Crippen LogP contribution in [0.4, 0.5) is 4.79 Å². The Morgan fingerprint density at radius 1 is 1.38 bits per heavy atom. The van der Waals surface area contributed by atoms with E-state index in [0.29, 0.717) is 0 Å². The van der Waals surface area contributed by atoms with Gasteiger partial charge in [0, 0.05) is 13.1 Å². The second-order valence-electron chi connectivity index (χ2n) is 3.63. The first kappa shape index (κ1) is 10.4. The van der Waals surface area contributed by atoms with Crippen molar-refractivity contribution in [1.82, 2.24) is 9.80 Å². The summed E-state index contributed by atoms with van der Waals surface area (Å²) in [7, 11) is 1.47. The number of carbonyl (C=O) groups excluding carboxylic acids is 2. The number of hydrogen-bond acceptors (Lipinski definition) is 3. The Hall–Kier alpha value is -0.710. The standard InChI is InChI=1S/C8H14N2O2S/c1-5(2)10-7(12)9(4)6(11)8(10,3)13/h5,13H,1-4H3. The molecule has 1 rings (SSSR count). The van der Waals surface area contributed by atoms with E-state index in [1.807, 2.05) is 13.8 Å². The molecule has 1 fully saturated rings. The molecule has 1 unspecified atom stereocenters. The SMILES string of the molecule is CC(C)N1C(=O)N(C)C(=O)C1(C)S. The third kappa shape index (κ3) is 1.31. The highest BCUT2D eigenvalue weighted by Gasteiger charge is 2.51. The lowest BCUT2D eigenvalue weighted by atomic mass is 10.2. The Kier molecular flexibility index (Phi) is 2.32. The predicted molar refractivity (Wildman–Crippen MR) is 52.5 cm³/mol. The van der Waals surface area contributed by atoms with Gasteiger partial charge in [-0.05, 0) is 20.8 Å². The number of amides is 3. The summed E-state index contributed by atoms with van der Waals surface area (Å²) in [6.45, 7) is 5.36. The lowest BCUT2D eigenvalue weighted by Crippen LogP contribution is -2.46. The minimum Gasteiger partial charge on any atom is -0.299 e. The summed E-state index contributed by atoms with van der Waals surface area (Å²) >= 11 is 4.21. The molecule has 13 heavy (non-hydrogen) atoms. The summed E-state index contributed by atoms with van der Waals surface area (Å²) in [5, 5.41) is 0. The molecule has 0 spiro atoms. The topological polar surface area (TPSA) is 40.6 Å². The molecule has 4 nitrogen and oxygen atoms in total. The largest absolute Gasteiger partial charge is 0.328 e. The highest BCUT2D eigenvalue weighted by Crippen LogP contribution is 2.31. The van der Waals surface area contributed by atoms with Crippen LogP contribution in [0.25, 0.3) is 0 Å². The summed E-state index contributed by atoms with van der Waals surface area (Å²) in [5.74, 6) is -0.269. The minimum atomic E-state index is -1.00. The average Bonchev–Trinajstić information content (AvgIpc) is 2.12. The lowest BCUT2D eigenvalue weighted by Gasteiger charge is -2.30. The van der Waals surface area contributed by atoms with Crippen LogP contribution in [0.3, 0.4) is 0 Å². The molecule has 0 aliphatic carbocycles. The van der Waals surface area contributed by atoms with Gasteiger partial charge < -0.3 is 0 Å². The van der Waals surface area contributed by atoms with E-state index in [2.05, 4.69) is 12.6 Å². The van der Waals surface area contributed by atoms with Crippen molar-refractivity contribution in [2.24, 2.45) is 0 Å². The van der Waals surface area contributed by atoms with Gasteiger partial charge in [0.2, 0.25) is 0 Å². The highest BCUT2D eigenvalue weighted by molar-refractivity contribution is 7.82. The molecule has 0 aromatic carbocycles. The highest BCUT2D eigenvalue weighted by atomic mass is 32.1. The number of nitrogens with zero attached hydrogens (tertiary/aromatic N) is 2. The number of likely N-dealkylation sites (N-methyl/N-ethyl adjacent to an activating group) is 1. The number of rotatable bonds is 1. The van der Waals surface area contributed by atoms with Crippen LogP contribution in [0.5, 0.6) is 0 Å². The van der Waals surface area contributed by atoms with E-state index in [9.17, 15) is 9.59 Å². The number of imide groups is 1. The summed E-state index contributed by atoms with van der Waals surface area (Å²) in [6.07, 6.45) is 0. The van der Waals surface area contributed by atoms with E-state index in [1.54, 1.807) is 6.92 Å². The van der Waals surface area contributed by atoms with Crippen LogP contribution in [0.2, 0.25) is 0 Å². The van der Waals surface area contributed by atoms with Crippen LogP contribution in [0, 0.1) is 0 Å². The third-order valence-corrected chi connectivity index (χ3v) is 2.60. The molecule has 0 saturated carbocycles. The lowest BCUT2D eigenvalue weighted by molar-refractivity contribution is -0.128. The second kappa shape index (κ2) is 2.90. The average molecular weight is 202 g/mol. The van der Waals surface area contributed by atoms with E-state index < -0.39 is 4.87 Å². The van der Waals surface area contributed by atoms with Crippen LogP contribution in [0.1, 0.15) is 20.8 Å². The Balaban J connectivity index is 3.10. The molecule has 1 atom stereocenters. The van der Waals surface area contributed by atoms with Crippen molar-refractivity contribution in [2.45, 2.75) is 31.7 Å². The number of thiol groups is 1. The molecule has 1 aliphatic heterocycles. The summed E-state index contributed by atoms with van der Waals surface area (Å²) in [5.41, 5.74) is 0. The molecule has 0 aromatic rings. The zero-order valence-electron chi connectivity index (χ0n) is 8.24. The van der Waals surface area contributed by atoms with Crippen molar-refractivity contribution >= 4 is 24.6 Å². The van der Waals surface area contributed by atoms with Gasteiger partial charge in [-0.3, -0.25) is 14.6 Å². The van der Waals surface area contributed by atoms with Crippen LogP contribution in [-0.4, -0.2) is 39.7 Å². The monoisotopic (exact) mass is 202 g/mol. The molecule has 0 aromatic heterocycles. The van der Waals surface area contributed by atoms with Crippen molar-refractivity contribution in [3.63, 3.8) is 0 Å². The molecule has 3 amide bonds. The Labute approximate surface area is 83.3 Å². The van der Waals surface area contributed by atoms with E-state index in [0.717, 1.165) is 4.90 Å². The molecule has 1 saturated heterocycles. The number of hydrogen-bond donors (Lipinski definition) is 1. The summed E-state index contributed by atoms with van der Waals surface area (Å²) in [4.78, 5) is 24.7. The van der Waals surface area contributed by atoms with Gasteiger partial charge in [0.15, 0.2) is 4.87 Å². The quantitative estimate of drug-likeness (QED) is 0.507. The molecule has 0 bridgehead atoms.